The van der Waals surface area contributed by atoms with Gasteiger partial charge in [0, 0.05) is 0 Å². The zero-order valence-electron chi connectivity index (χ0n) is 7.18. The molecular weight excluding hydrogens is 140 g/mol. The standard InChI is InChI=1S/C8H16N2O/c1-8(2,7(9)11)10-5-6-3-4-6/h6,10H,3-5H2,1-2H3,(H2,9,11). The fourth-order valence-corrected chi connectivity index (χ4v) is 0.809. The Morgan fingerprint density at radius 2 is 2.18 bits per heavy atom. The first-order valence-electron chi connectivity index (χ1n) is 4.07. The molecule has 0 bridgehead atoms. The Morgan fingerprint density at radius 3 is 2.55 bits per heavy atom. The van der Waals surface area contributed by atoms with Crippen LogP contribution < -0.4 is 11.1 Å². The van der Waals surface area contributed by atoms with E-state index in [4.69, 9.17) is 5.73 Å². The molecule has 3 heteroatoms. The first kappa shape index (κ1) is 8.53. The van der Waals surface area contributed by atoms with E-state index in [2.05, 4.69) is 5.32 Å². The van der Waals surface area contributed by atoms with Crippen molar-refractivity contribution in [3.63, 3.8) is 0 Å². The van der Waals surface area contributed by atoms with E-state index < -0.39 is 5.54 Å². The highest BCUT2D eigenvalue weighted by atomic mass is 16.1. The lowest BCUT2D eigenvalue weighted by molar-refractivity contribution is -0.123. The van der Waals surface area contributed by atoms with Crippen molar-refractivity contribution >= 4 is 5.91 Å². The van der Waals surface area contributed by atoms with Crippen LogP contribution in [0.2, 0.25) is 0 Å². The molecule has 0 aromatic carbocycles. The van der Waals surface area contributed by atoms with Crippen LogP contribution in [-0.2, 0) is 4.79 Å². The van der Waals surface area contributed by atoms with Gasteiger partial charge in [-0.05, 0) is 39.2 Å². The maximum Gasteiger partial charge on any atom is 0.237 e. The van der Waals surface area contributed by atoms with Crippen molar-refractivity contribution in [2.45, 2.75) is 32.2 Å². The number of hydrogen-bond donors (Lipinski definition) is 2. The Hall–Kier alpha value is -0.570. The van der Waals surface area contributed by atoms with E-state index in [-0.39, 0.29) is 5.91 Å². The van der Waals surface area contributed by atoms with Gasteiger partial charge in [0.05, 0.1) is 5.54 Å². The van der Waals surface area contributed by atoms with Crippen LogP contribution in [0.4, 0.5) is 0 Å². The van der Waals surface area contributed by atoms with E-state index >= 15 is 0 Å². The fourth-order valence-electron chi connectivity index (χ4n) is 0.809. The number of nitrogens with one attached hydrogen (secondary N) is 1. The van der Waals surface area contributed by atoms with Crippen molar-refractivity contribution in [3.05, 3.63) is 0 Å². The topological polar surface area (TPSA) is 55.1 Å². The average Bonchev–Trinajstić information content (AvgIpc) is 2.65. The van der Waals surface area contributed by atoms with Crippen molar-refractivity contribution in [1.29, 1.82) is 0 Å². The maximum atomic E-state index is 10.8. The molecule has 64 valence electrons. The molecule has 1 amide bonds. The molecule has 3 N–H and O–H groups in total. The SMILES string of the molecule is CC(C)(NCC1CC1)C(N)=O. The summed E-state index contributed by atoms with van der Waals surface area (Å²) in [5, 5.41) is 3.15. The zero-order chi connectivity index (χ0) is 8.48. The van der Waals surface area contributed by atoms with Crippen LogP contribution in [0.3, 0.4) is 0 Å². The minimum atomic E-state index is -0.539. The van der Waals surface area contributed by atoms with E-state index in [0.29, 0.717) is 0 Å². The van der Waals surface area contributed by atoms with E-state index in [1.807, 2.05) is 13.8 Å². The normalized spacial score (nSPS) is 18.4. The molecule has 1 fully saturated rings. The van der Waals surface area contributed by atoms with Crippen LogP contribution in [0, 0.1) is 5.92 Å². The first-order valence-corrected chi connectivity index (χ1v) is 4.07. The molecule has 0 radical (unpaired) electrons. The Labute approximate surface area is 67.3 Å². The van der Waals surface area contributed by atoms with Gasteiger partial charge in [-0.3, -0.25) is 4.79 Å². The molecule has 11 heavy (non-hydrogen) atoms. The highest BCUT2D eigenvalue weighted by molar-refractivity contribution is 5.83. The molecular formula is C8H16N2O. The average molecular weight is 156 g/mol. The van der Waals surface area contributed by atoms with Crippen LogP contribution in [-0.4, -0.2) is 18.0 Å². The first-order chi connectivity index (χ1) is 5.02. The van der Waals surface area contributed by atoms with Crippen molar-refractivity contribution in [2.75, 3.05) is 6.54 Å². The highest BCUT2D eigenvalue weighted by Crippen LogP contribution is 2.28. The molecule has 0 aromatic heterocycles. The van der Waals surface area contributed by atoms with Gasteiger partial charge < -0.3 is 11.1 Å². The Balaban J connectivity index is 2.26. The summed E-state index contributed by atoms with van der Waals surface area (Å²) in [6, 6.07) is 0. The van der Waals surface area contributed by atoms with E-state index in [1.165, 1.54) is 12.8 Å². The van der Waals surface area contributed by atoms with Crippen LogP contribution in [0.25, 0.3) is 0 Å². The zero-order valence-corrected chi connectivity index (χ0v) is 7.18. The summed E-state index contributed by atoms with van der Waals surface area (Å²) in [6.45, 7) is 4.56. The fraction of sp³-hybridized carbons (Fsp3) is 0.875. The predicted molar refractivity (Wildman–Crippen MR) is 44.0 cm³/mol. The summed E-state index contributed by atoms with van der Waals surface area (Å²) in [7, 11) is 0. The van der Waals surface area contributed by atoms with E-state index in [0.717, 1.165) is 12.5 Å². The van der Waals surface area contributed by atoms with Gasteiger partial charge in [0.15, 0.2) is 0 Å². The van der Waals surface area contributed by atoms with Gasteiger partial charge in [-0.1, -0.05) is 0 Å². The molecule has 3 nitrogen and oxygen atoms in total. The molecule has 0 heterocycles. The molecule has 1 aliphatic rings. The summed E-state index contributed by atoms with van der Waals surface area (Å²) in [5.41, 5.74) is 4.64. The summed E-state index contributed by atoms with van der Waals surface area (Å²) in [5.74, 6) is 0.506. The molecule has 1 rings (SSSR count). The van der Waals surface area contributed by atoms with Gasteiger partial charge in [0.1, 0.15) is 0 Å². The van der Waals surface area contributed by atoms with Crippen LogP contribution in [0.15, 0.2) is 0 Å². The van der Waals surface area contributed by atoms with Gasteiger partial charge in [0.25, 0.3) is 0 Å². The van der Waals surface area contributed by atoms with Crippen molar-refractivity contribution < 1.29 is 4.79 Å². The maximum absolute atomic E-state index is 10.8. The number of rotatable bonds is 4. The molecule has 1 saturated carbocycles. The summed E-state index contributed by atoms with van der Waals surface area (Å²) >= 11 is 0. The number of primary amides is 1. The lowest BCUT2D eigenvalue weighted by atomic mass is 10.1. The number of hydrogen-bond acceptors (Lipinski definition) is 2. The summed E-state index contributed by atoms with van der Waals surface area (Å²) < 4.78 is 0. The molecule has 0 atom stereocenters. The third-order valence-corrected chi connectivity index (χ3v) is 2.15. The molecule has 0 aromatic rings. The Morgan fingerprint density at radius 1 is 1.64 bits per heavy atom. The van der Waals surface area contributed by atoms with Gasteiger partial charge >= 0.3 is 0 Å². The van der Waals surface area contributed by atoms with Gasteiger partial charge in [-0.25, -0.2) is 0 Å². The van der Waals surface area contributed by atoms with Crippen LogP contribution >= 0.6 is 0 Å². The highest BCUT2D eigenvalue weighted by Gasteiger charge is 2.28. The lowest BCUT2D eigenvalue weighted by Gasteiger charge is -2.21. The van der Waals surface area contributed by atoms with Crippen molar-refractivity contribution in [1.82, 2.24) is 5.32 Å². The second-order valence-corrected chi connectivity index (χ2v) is 3.81. The molecule has 1 aliphatic carbocycles. The van der Waals surface area contributed by atoms with Crippen LogP contribution in [0.1, 0.15) is 26.7 Å². The second-order valence-electron chi connectivity index (χ2n) is 3.81. The van der Waals surface area contributed by atoms with E-state index in [1.54, 1.807) is 0 Å². The smallest absolute Gasteiger partial charge is 0.237 e. The minimum absolute atomic E-state index is 0.279. The van der Waals surface area contributed by atoms with Gasteiger partial charge in [0.2, 0.25) is 5.91 Å². The van der Waals surface area contributed by atoms with Gasteiger partial charge in [-0.2, -0.15) is 0 Å². The summed E-state index contributed by atoms with van der Waals surface area (Å²) in [6.07, 6.45) is 2.59. The Kier molecular flexibility index (Phi) is 2.18. The van der Waals surface area contributed by atoms with Crippen molar-refractivity contribution in [3.8, 4) is 0 Å². The molecule has 0 spiro atoms. The predicted octanol–water partition coefficient (Wildman–Crippen LogP) is 0.250. The third-order valence-electron chi connectivity index (χ3n) is 2.15. The lowest BCUT2D eigenvalue weighted by Crippen LogP contribution is -2.51. The third kappa shape index (κ3) is 2.50. The Bertz CT molecular complexity index is 161. The number of nitrogens with two attached hydrogens (primary N) is 1. The van der Waals surface area contributed by atoms with E-state index in [9.17, 15) is 4.79 Å². The molecule has 0 saturated heterocycles. The van der Waals surface area contributed by atoms with Crippen LogP contribution in [0.5, 0.6) is 0 Å². The largest absolute Gasteiger partial charge is 0.368 e. The number of carbonyl (C=O) groups is 1. The van der Waals surface area contributed by atoms with Crippen molar-refractivity contribution in [2.24, 2.45) is 11.7 Å². The monoisotopic (exact) mass is 156 g/mol. The molecule has 0 aliphatic heterocycles. The number of amides is 1. The quantitative estimate of drug-likeness (QED) is 0.613. The minimum Gasteiger partial charge on any atom is -0.368 e. The summed E-state index contributed by atoms with van der Waals surface area (Å²) in [4.78, 5) is 10.8. The van der Waals surface area contributed by atoms with Gasteiger partial charge in [-0.15, -0.1) is 0 Å². The molecule has 0 unspecified atom stereocenters. The second kappa shape index (κ2) is 2.81. The number of carbonyl (C=O) groups excluding carboxylic acids is 1.